The molecular formula is C14H17ClN2O2S. The molecule has 108 valence electrons. The Morgan fingerprint density at radius 3 is 2.55 bits per heavy atom. The number of hydrogen-bond donors (Lipinski definition) is 1. The summed E-state index contributed by atoms with van der Waals surface area (Å²) in [4.78, 5) is 2.45. The van der Waals surface area contributed by atoms with E-state index in [9.17, 15) is 8.42 Å². The normalized spacial score (nSPS) is 29.1. The molecular weight excluding hydrogens is 296 g/mol. The highest BCUT2D eigenvalue weighted by atomic mass is 35.5. The zero-order valence-electron chi connectivity index (χ0n) is 11.0. The van der Waals surface area contributed by atoms with Gasteiger partial charge in [0.25, 0.3) is 10.0 Å². The van der Waals surface area contributed by atoms with Gasteiger partial charge in [0.05, 0.1) is 4.90 Å². The van der Waals surface area contributed by atoms with E-state index in [4.69, 9.17) is 11.6 Å². The molecule has 3 rings (SSSR count). The highest BCUT2D eigenvalue weighted by Crippen LogP contribution is 2.47. The minimum atomic E-state index is -3.59. The maximum absolute atomic E-state index is 12.0. The highest BCUT2D eigenvalue weighted by molar-refractivity contribution is 7.89. The summed E-state index contributed by atoms with van der Waals surface area (Å²) in [6, 6.07) is 6.04. The monoisotopic (exact) mass is 312 g/mol. The first-order valence-corrected chi connectivity index (χ1v) is 8.71. The van der Waals surface area contributed by atoms with Crippen LogP contribution < -0.4 is 4.83 Å². The van der Waals surface area contributed by atoms with Crippen molar-refractivity contribution >= 4 is 27.8 Å². The third-order valence-corrected chi connectivity index (χ3v) is 5.85. The lowest BCUT2D eigenvalue weighted by Crippen LogP contribution is -2.20. The Morgan fingerprint density at radius 1 is 1.20 bits per heavy atom. The quantitative estimate of drug-likeness (QED) is 0.686. The molecule has 1 aromatic rings. The summed E-state index contributed by atoms with van der Waals surface area (Å²) in [5.41, 5.74) is 0. The zero-order valence-corrected chi connectivity index (χ0v) is 12.6. The molecule has 20 heavy (non-hydrogen) atoms. The second-order valence-corrected chi connectivity index (χ2v) is 7.76. The van der Waals surface area contributed by atoms with Crippen molar-refractivity contribution in [1.29, 1.82) is 0 Å². The average Bonchev–Trinajstić information content (AvgIpc) is 3.01. The van der Waals surface area contributed by atoms with Crippen LogP contribution in [-0.2, 0) is 10.0 Å². The van der Waals surface area contributed by atoms with Crippen molar-refractivity contribution in [2.75, 3.05) is 0 Å². The number of hydrogen-bond acceptors (Lipinski definition) is 3. The van der Waals surface area contributed by atoms with E-state index in [1.807, 2.05) is 0 Å². The van der Waals surface area contributed by atoms with Crippen LogP contribution in [-0.4, -0.2) is 14.6 Å². The first kappa shape index (κ1) is 13.9. The molecule has 1 N–H and O–H groups in total. The fourth-order valence-corrected chi connectivity index (χ4v) is 4.26. The molecule has 6 heteroatoms. The Labute approximate surface area is 124 Å². The topological polar surface area (TPSA) is 58.5 Å². The molecule has 3 unspecified atom stereocenters. The van der Waals surface area contributed by atoms with E-state index in [1.165, 1.54) is 31.4 Å². The van der Waals surface area contributed by atoms with Crippen LogP contribution in [0.25, 0.3) is 0 Å². The van der Waals surface area contributed by atoms with E-state index in [0.29, 0.717) is 16.9 Å². The molecule has 0 saturated heterocycles. The fourth-order valence-electron chi connectivity index (χ4n) is 3.34. The summed E-state index contributed by atoms with van der Waals surface area (Å²) in [5.74, 6) is 1.95. The van der Waals surface area contributed by atoms with Gasteiger partial charge in [-0.05, 0) is 61.3 Å². The molecule has 2 fully saturated rings. The number of fused-ring (bicyclic) bond motifs is 2. The minimum Gasteiger partial charge on any atom is -0.200 e. The number of rotatable bonds is 4. The largest absolute Gasteiger partial charge is 0.276 e. The van der Waals surface area contributed by atoms with Gasteiger partial charge in [-0.1, -0.05) is 18.0 Å². The molecule has 0 aliphatic heterocycles. The summed E-state index contributed by atoms with van der Waals surface area (Å²) < 4.78 is 24.0. The second kappa shape index (κ2) is 5.37. The Balaban J connectivity index is 1.64. The van der Waals surface area contributed by atoms with Crippen molar-refractivity contribution in [1.82, 2.24) is 4.83 Å². The van der Waals surface area contributed by atoms with Crippen LogP contribution in [0.3, 0.4) is 0 Å². The average molecular weight is 313 g/mol. The van der Waals surface area contributed by atoms with Crippen LogP contribution in [0.5, 0.6) is 0 Å². The molecule has 0 spiro atoms. The summed E-state index contributed by atoms with van der Waals surface area (Å²) in [6.45, 7) is 0. The predicted octanol–water partition coefficient (Wildman–Crippen LogP) is 3.04. The zero-order chi connectivity index (χ0) is 14.2. The lowest BCUT2D eigenvalue weighted by Gasteiger charge is -2.16. The Morgan fingerprint density at radius 2 is 1.95 bits per heavy atom. The maximum Gasteiger partial charge on any atom is 0.276 e. The van der Waals surface area contributed by atoms with E-state index in [2.05, 4.69) is 9.93 Å². The number of halogens is 1. The van der Waals surface area contributed by atoms with Crippen molar-refractivity contribution in [2.24, 2.45) is 22.9 Å². The van der Waals surface area contributed by atoms with E-state index in [0.717, 1.165) is 12.3 Å². The predicted molar refractivity (Wildman–Crippen MR) is 79.2 cm³/mol. The summed E-state index contributed by atoms with van der Waals surface area (Å²) >= 11 is 5.74. The first-order chi connectivity index (χ1) is 9.54. The molecule has 0 radical (unpaired) electrons. The third kappa shape index (κ3) is 2.83. The van der Waals surface area contributed by atoms with Crippen LogP contribution in [0.1, 0.15) is 25.7 Å². The molecule has 0 heterocycles. The van der Waals surface area contributed by atoms with Crippen molar-refractivity contribution < 1.29 is 8.42 Å². The molecule has 2 aliphatic rings. The van der Waals surface area contributed by atoms with E-state index < -0.39 is 10.0 Å². The number of sulfonamides is 1. The molecule has 2 bridgehead atoms. The molecule has 2 saturated carbocycles. The molecule has 2 aliphatic carbocycles. The molecule has 4 nitrogen and oxygen atoms in total. The number of nitrogens with one attached hydrogen (secondary N) is 1. The lowest BCUT2D eigenvalue weighted by molar-refractivity contribution is 0.420. The van der Waals surface area contributed by atoms with Gasteiger partial charge in [0.15, 0.2) is 0 Å². The number of benzene rings is 1. The Bertz CT molecular complexity index is 613. The van der Waals surface area contributed by atoms with Gasteiger partial charge in [-0.2, -0.15) is 13.5 Å². The van der Waals surface area contributed by atoms with Crippen molar-refractivity contribution in [3.8, 4) is 0 Å². The SMILES string of the molecule is O=S(=O)(NN=CC1CC2CCC1C2)c1ccc(Cl)cc1. The second-order valence-electron chi connectivity index (χ2n) is 5.67. The first-order valence-electron chi connectivity index (χ1n) is 6.85. The number of nitrogens with zero attached hydrogens (tertiary/aromatic N) is 1. The van der Waals surface area contributed by atoms with Crippen molar-refractivity contribution in [3.05, 3.63) is 29.3 Å². The van der Waals surface area contributed by atoms with Gasteiger partial charge in [0.2, 0.25) is 0 Å². The fraction of sp³-hybridized carbons (Fsp3) is 0.500. The third-order valence-electron chi connectivity index (χ3n) is 4.36. The van der Waals surface area contributed by atoms with Gasteiger partial charge >= 0.3 is 0 Å². The maximum atomic E-state index is 12.0. The highest BCUT2D eigenvalue weighted by Gasteiger charge is 2.38. The van der Waals surface area contributed by atoms with Gasteiger partial charge in [-0.25, -0.2) is 4.83 Å². The van der Waals surface area contributed by atoms with Gasteiger partial charge in [-0.15, -0.1) is 0 Å². The molecule has 0 aromatic heterocycles. The van der Waals surface area contributed by atoms with E-state index in [1.54, 1.807) is 18.3 Å². The summed E-state index contributed by atoms with van der Waals surface area (Å²) in [6.07, 6.45) is 6.78. The van der Waals surface area contributed by atoms with Crippen LogP contribution in [0.15, 0.2) is 34.3 Å². The Kier molecular flexibility index (Phi) is 3.73. The van der Waals surface area contributed by atoms with E-state index in [-0.39, 0.29) is 4.90 Å². The number of hydrazone groups is 1. The van der Waals surface area contributed by atoms with Gasteiger partial charge in [0, 0.05) is 11.2 Å². The standard InChI is InChI=1S/C14H17ClN2O2S/c15-13-3-5-14(6-4-13)20(18,19)17-16-9-12-8-10-1-2-11(12)7-10/h3-6,9-12,17H,1-2,7-8H2. The smallest absolute Gasteiger partial charge is 0.200 e. The van der Waals surface area contributed by atoms with Gasteiger partial charge in [0.1, 0.15) is 0 Å². The molecule has 3 atom stereocenters. The van der Waals surface area contributed by atoms with Crippen molar-refractivity contribution in [2.45, 2.75) is 30.6 Å². The lowest BCUT2D eigenvalue weighted by atomic mass is 9.90. The molecule has 1 aromatic carbocycles. The van der Waals surface area contributed by atoms with E-state index >= 15 is 0 Å². The summed E-state index contributed by atoms with van der Waals surface area (Å²) in [7, 11) is -3.59. The van der Waals surface area contributed by atoms with Crippen LogP contribution in [0.4, 0.5) is 0 Å². The minimum absolute atomic E-state index is 0.173. The van der Waals surface area contributed by atoms with Crippen LogP contribution in [0.2, 0.25) is 5.02 Å². The van der Waals surface area contributed by atoms with Gasteiger partial charge < -0.3 is 0 Å². The van der Waals surface area contributed by atoms with Crippen LogP contribution in [0, 0.1) is 17.8 Å². The van der Waals surface area contributed by atoms with Crippen molar-refractivity contribution in [3.63, 3.8) is 0 Å². The van der Waals surface area contributed by atoms with Crippen LogP contribution >= 0.6 is 11.6 Å². The van der Waals surface area contributed by atoms with Gasteiger partial charge in [-0.3, -0.25) is 0 Å². The molecule has 0 amide bonds. The Hall–Kier alpha value is -1.07. The summed E-state index contributed by atoms with van der Waals surface area (Å²) in [5, 5.41) is 4.46.